The molecule has 130 valence electrons. The Morgan fingerprint density at radius 3 is 2.74 bits per heavy atom. The Morgan fingerprint density at radius 2 is 2.22 bits per heavy atom. The third kappa shape index (κ3) is 7.38. The van der Waals surface area contributed by atoms with Crippen molar-refractivity contribution in [3.63, 3.8) is 0 Å². The largest absolute Gasteiger partial charge is 0.380 e. The summed E-state index contributed by atoms with van der Waals surface area (Å²) in [5.74, 6) is 0.130. The molecule has 0 N–H and O–H groups in total. The first-order valence-electron chi connectivity index (χ1n) is 7.14. The van der Waals surface area contributed by atoms with Crippen molar-refractivity contribution in [1.29, 1.82) is 0 Å². The normalized spacial score (nSPS) is 12.9. The molecular weight excluding hydrogens is 316 g/mol. The van der Waals surface area contributed by atoms with Crippen molar-refractivity contribution in [2.75, 3.05) is 19.8 Å². The zero-order chi connectivity index (χ0) is 16.4. The summed E-state index contributed by atoms with van der Waals surface area (Å²) in [6.45, 7) is 6.98. The van der Waals surface area contributed by atoms with Crippen molar-refractivity contribution in [1.82, 2.24) is 4.98 Å². The summed E-state index contributed by atoms with van der Waals surface area (Å²) in [5.41, 5.74) is 4.03. The fourth-order valence-electron chi connectivity index (χ4n) is 2.08. The van der Waals surface area contributed by atoms with E-state index in [1.54, 1.807) is 11.3 Å². The van der Waals surface area contributed by atoms with E-state index in [4.69, 9.17) is 4.74 Å². The summed E-state index contributed by atoms with van der Waals surface area (Å²) in [7, 11) is 0. The third-order valence-electron chi connectivity index (χ3n) is 3.11. The summed E-state index contributed by atoms with van der Waals surface area (Å²) in [5, 5.41) is 9.27. The molecule has 0 bridgehead atoms. The van der Waals surface area contributed by atoms with E-state index >= 15 is 0 Å². The molecule has 0 spiro atoms. The highest BCUT2D eigenvalue weighted by Crippen LogP contribution is 2.31. The molecule has 0 aromatic carbocycles. The van der Waals surface area contributed by atoms with E-state index in [9.17, 15) is 10.1 Å². The average Bonchev–Trinajstić information content (AvgIpc) is 2.90. The number of aryl methyl sites for hydroxylation is 1. The van der Waals surface area contributed by atoms with E-state index in [1.807, 2.05) is 32.4 Å². The van der Waals surface area contributed by atoms with Gasteiger partial charge in [-0.2, -0.15) is 0 Å². The number of ether oxygens (including phenoxy) is 1. The third-order valence-corrected chi connectivity index (χ3v) is 4.15. The highest BCUT2D eigenvalue weighted by molar-refractivity contribution is 7.09. The van der Waals surface area contributed by atoms with Crippen molar-refractivity contribution in [2.24, 2.45) is 0 Å². The lowest BCUT2D eigenvalue weighted by Crippen LogP contribution is -2.12. The maximum absolute atomic E-state index is 10.1. The van der Waals surface area contributed by atoms with Gasteiger partial charge in [0.2, 0.25) is 0 Å². The van der Waals surface area contributed by atoms with E-state index in [0.29, 0.717) is 19.6 Å². The lowest BCUT2D eigenvalue weighted by atomic mass is 9.96. The van der Waals surface area contributed by atoms with Crippen molar-refractivity contribution in [3.05, 3.63) is 50.0 Å². The van der Waals surface area contributed by atoms with Gasteiger partial charge in [0.05, 0.1) is 24.4 Å². The molecule has 0 saturated carbocycles. The van der Waals surface area contributed by atoms with Crippen LogP contribution in [0, 0.1) is 17.0 Å². The fraction of sp³-hybridized carbons (Fsp3) is 0.562. The zero-order valence-electron chi connectivity index (χ0n) is 13.2. The Labute approximate surface area is 141 Å². The van der Waals surface area contributed by atoms with Crippen molar-refractivity contribution < 1.29 is 14.7 Å². The van der Waals surface area contributed by atoms with Gasteiger partial charge in [-0.3, -0.25) is 0 Å². The second kappa shape index (κ2) is 11.8. The first kappa shape index (κ1) is 21.3. The van der Waals surface area contributed by atoms with Crippen molar-refractivity contribution in [3.8, 4) is 0 Å². The summed E-state index contributed by atoms with van der Waals surface area (Å²) in [6, 6.07) is 0. The average molecular weight is 342 g/mol. The van der Waals surface area contributed by atoms with E-state index in [0.717, 1.165) is 5.69 Å². The molecule has 0 radical (unpaired) electrons. The molecule has 0 amide bonds. The van der Waals surface area contributed by atoms with Crippen LogP contribution >= 0.6 is 11.3 Å². The van der Waals surface area contributed by atoms with Crippen LogP contribution in [0.3, 0.4) is 0 Å². The Balaban J connectivity index is 0.00000484. The molecule has 7 heteroatoms. The van der Waals surface area contributed by atoms with Gasteiger partial charge in [-0.05, 0) is 32.8 Å². The topological polar surface area (TPSA) is 74.5 Å². The molecule has 1 atom stereocenters. The molecule has 0 aliphatic heterocycles. The minimum Gasteiger partial charge on any atom is -0.380 e. The quantitative estimate of drug-likeness (QED) is 0.274. The molecule has 1 aromatic rings. The van der Waals surface area contributed by atoms with Crippen LogP contribution in [0.5, 0.6) is 0 Å². The van der Waals surface area contributed by atoms with Gasteiger partial charge in [0, 0.05) is 17.4 Å². The van der Waals surface area contributed by atoms with Crippen LogP contribution < -0.4 is 0 Å². The molecule has 0 fully saturated rings. The van der Waals surface area contributed by atoms with Gasteiger partial charge in [0.25, 0.3) is 5.09 Å². The van der Waals surface area contributed by atoms with Crippen LogP contribution in [0.25, 0.3) is 0 Å². The van der Waals surface area contributed by atoms with E-state index in [-0.39, 0.29) is 20.0 Å². The second-order valence-electron chi connectivity index (χ2n) is 4.63. The standard InChI is InChI=1S/C15H22N2O4S.CH4/c1-4-7-13(5-2)14(15-12(3)16-11-22-15)10-20-8-6-9-21-17(18)19;/h4-5,7,11,14H,6,8-10H2,1-3H3;1H4/b7-4-,13-5+;. The zero-order valence-corrected chi connectivity index (χ0v) is 14.0. The number of rotatable bonds is 10. The molecule has 1 unspecified atom stereocenters. The maximum Gasteiger partial charge on any atom is 0.294 e. The predicted octanol–water partition coefficient (Wildman–Crippen LogP) is 4.31. The molecule has 1 heterocycles. The minimum absolute atomic E-state index is 0. The highest BCUT2D eigenvalue weighted by Gasteiger charge is 2.19. The van der Waals surface area contributed by atoms with Gasteiger partial charge in [-0.25, -0.2) is 4.98 Å². The molecule has 6 nitrogen and oxygen atoms in total. The summed E-state index contributed by atoms with van der Waals surface area (Å²) >= 11 is 1.62. The van der Waals surface area contributed by atoms with Crippen LogP contribution in [-0.4, -0.2) is 29.9 Å². The number of hydrogen-bond donors (Lipinski definition) is 0. The first-order valence-corrected chi connectivity index (χ1v) is 8.02. The van der Waals surface area contributed by atoms with Crippen molar-refractivity contribution >= 4 is 11.3 Å². The number of nitrogens with zero attached hydrogens (tertiary/aromatic N) is 2. The monoisotopic (exact) mass is 342 g/mol. The highest BCUT2D eigenvalue weighted by atomic mass is 32.1. The van der Waals surface area contributed by atoms with E-state index in [2.05, 4.69) is 22.0 Å². The van der Waals surface area contributed by atoms with Crippen molar-refractivity contribution in [2.45, 2.75) is 40.5 Å². The lowest BCUT2D eigenvalue weighted by molar-refractivity contribution is -0.757. The van der Waals surface area contributed by atoms with Gasteiger partial charge < -0.3 is 9.57 Å². The Morgan fingerprint density at radius 1 is 1.48 bits per heavy atom. The number of hydrogen-bond acceptors (Lipinski definition) is 6. The summed E-state index contributed by atoms with van der Waals surface area (Å²) in [6.07, 6.45) is 6.64. The smallest absolute Gasteiger partial charge is 0.294 e. The Kier molecular flexibility index (Phi) is 10.9. The van der Waals surface area contributed by atoms with E-state index < -0.39 is 5.09 Å². The number of thiazole rings is 1. The van der Waals surface area contributed by atoms with Crippen LogP contribution in [0.2, 0.25) is 0 Å². The van der Waals surface area contributed by atoms with Crippen LogP contribution in [0.1, 0.15) is 44.2 Å². The number of allylic oxidation sites excluding steroid dienone is 3. The first-order chi connectivity index (χ1) is 10.6. The summed E-state index contributed by atoms with van der Waals surface area (Å²) in [4.78, 5) is 19.8. The maximum atomic E-state index is 10.1. The molecular formula is C16H26N2O4S. The Bertz CT molecular complexity index is 526. The number of aromatic nitrogens is 1. The minimum atomic E-state index is -0.784. The molecule has 0 aliphatic rings. The van der Waals surface area contributed by atoms with Gasteiger partial charge in [0.1, 0.15) is 0 Å². The summed E-state index contributed by atoms with van der Waals surface area (Å²) < 4.78 is 5.69. The van der Waals surface area contributed by atoms with Gasteiger partial charge in [-0.15, -0.1) is 21.5 Å². The molecule has 1 rings (SSSR count). The second-order valence-corrected chi connectivity index (χ2v) is 5.51. The molecule has 0 saturated heterocycles. The Hall–Kier alpha value is -1.73. The molecule has 0 aliphatic carbocycles. The van der Waals surface area contributed by atoms with Gasteiger partial charge in [0.15, 0.2) is 0 Å². The lowest BCUT2D eigenvalue weighted by Gasteiger charge is -2.18. The van der Waals surface area contributed by atoms with Gasteiger partial charge in [-0.1, -0.05) is 25.7 Å². The van der Waals surface area contributed by atoms with E-state index in [1.165, 1.54) is 10.5 Å². The SMILES string of the molecule is C.C/C=C\C(=C/C)C(COCCCO[N+](=O)[O-])c1scnc1C. The molecule has 23 heavy (non-hydrogen) atoms. The van der Waals surface area contributed by atoms with Crippen LogP contribution in [-0.2, 0) is 9.57 Å². The fourth-order valence-corrected chi connectivity index (χ4v) is 2.99. The van der Waals surface area contributed by atoms with Crippen LogP contribution in [0.4, 0.5) is 0 Å². The molecule has 1 aromatic heterocycles. The predicted molar refractivity (Wildman–Crippen MR) is 93.3 cm³/mol. The van der Waals surface area contributed by atoms with Crippen LogP contribution in [0.15, 0.2) is 29.3 Å². The van der Waals surface area contributed by atoms with Gasteiger partial charge >= 0.3 is 0 Å².